The summed E-state index contributed by atoms with van der Waals surface area (Å²) < 4.78 is 0. The van der Waals surface area contributed by atoms with Crippen LogP contribution < -0.4 is 5.32 Å². The summed E-state index contributed by atoms with van der Waals surface area (Å²) in [6.45, 7) is 4.31. The summed E-state index contributed by atoms with van der Waals surface area (Å²) in [4.78, 5) is 43.5. The first kappa shape index (κ1) is 18.9. The lowest BCUT2D eigenvalue weighted by molar-refractivity contribution is -0.139. The molecule has 3 heterocycles. The first-order valence-corrected chi connectivity index (χ1v) is 10.3. The van der Waals surface area contributed by atoms with Gasteiger partial charge in [-0.15, -0.1) is 0 Å². The highest BCUT2D eigenvalue weighted by molar-refractivity contribution is 6.04. The van der Waals surface area contributed by atoms with Crippen molar-refractivity contribution in [3.05, 3.63) is 35.4 Å². The van der Waals surface area contributed by atoms with Gasteiger partial charge in [-0.05, 0) is 36.8 Å². The molecule has 1 aromatic rings. The predicted molar refractivity (Wildman–Crippen MR) is 104 cm³/mol. The van der Waals surface area contributed by atoms with Crippen molar-refractivity contribution in [2.24, 2.45) is 0 Å². The molecule has 0 aromatic heterocycles. The molecule has 4 rings (SSSR count). The molecule has 1 N–H and O–H groups in total. The predicted octanol–water partition coefficient (Wildman–Crippen LogP) is 1.71. The Kier molecular flexibility index (Phi) is 5.35. The molecular weight excluding hydrogens is 356 g/mol. The maximum absolute atomic E-state index is 13.2. The van der Waals surface area contributed by atoms with E-state index in [1.54, 1.807) is 0 Å². The van der Waals surface area contributed by atoms with Crippen LogP contribution in [0.2, 0.25) is 0 Å². The van der Waals surface area contributed by atoms with Gasteiger partial charge in [0.25, 0.3) is 5.91 Å². The van der Waals surface area contributed by atoms with E-state index in [2.05, 4.69) is 17.4 Å². The summed E-state index contributed by atoms with van der Waals surface area (Å²) >= 11 is 0. The van der Waals surface area contributed by atoms with Gasteiger partial charge in [0.15, 0.2) is 0 Å². The van der Waals surface area contributed by atoms with E-state index in [-0.39, 0.29) is 30.6 Å². The average molecular weight is 384 g/mol. The number of nitrogens with zero attached hydrogens (tertiary/aromatic N) is 3. The van der Waals surface area contributed by atoms with Crippen molar-refractivity contribution in [3.8, 4) is 0 Å². The number of hydrogen-bond acceptors (Lipinski definition) is 4. The van der Waals surface area contributed by atoms with Gasteiger partial charge in [-0.25, -0.2) is 9.69 Å². The Morgan fingerprint density at radius 1 is 1.14 bits per heavy atom. The second kappa shape index (κ2) is 7.91. The Bertz CT molecular complexity index is 775. The molecule has 2 fully saturated rings. The number of hydrogen-bond donors (Lipinski definition) is 1. The van der Waals surface area contributed by atoms with Gasteiger partial charge in [-0.2, -0.15) is 0 Å². The fourth-order valence-electron chi connectivity index (χ4n) is 4.49. The molecule has 2 saturated heterocycles. The number of amides is 4. The number of likely N-dealkylation sites (tertiary alicyclic amines) is 1. The van der Waals surface area contributed by atoms with E-state index < -0.39 is 6.04 Å². The molecule has 0 bridgehead atoms. The van der Waals surface area contributed by atoms with Crippen LogP contribution in [0.4, 0.5) is 4.79 Å². The summed E-state index contributed by atoms with van der Waals surface area (Å²) in [5.41, 5.74) is 2.34. The zero-order chi connectivity index (χ0) is 19.7. The number of imide groups is 1. The lowest BCUT2D eigenvalue weighted by Gasteiger charge is -2.39. The SMILES string of the molecule is CCC[C@H]1NC(=O)N(CN2Cc3ccccc3C[C@H]2C(=O)N2CCCC2)C1=O. The van der Waals surface area contributed by atoms with Crippen molar-refractivity contribution >= 4 is 17.8 Å². The van der Waals surface area contributed by atoms with Crippen molar-refractivity contribution in [2.45, 2.75) is 57.7 Å². The van der Waals surface area contributed by atoms with Crippen molar-refractivity contribution in [1.29, 1.82) is 0 Å². The molecule has 28 heavy (non-hydrogen) atoms. The van der Waals surface area contributed by atoms with Crippen LogP contribution >= 0.6 is 0 Å². The summed E-state index contributed by atoms with van der Waals surface area (Å²) in [5.74, 6) is -0.0674. The van der Waals surface area contributed by atoms with Crippen LogP contribution in [0.15, 0.2) is 24.3 Å². The maximum atomic E-state index is 13.2. The number of fused-ring (bicyclic) bond motifs is 1. The number of rotatable bonds is 5. The van der Waals surface area contributed by atoms with Crippen molar-refractivity contribution in [3.63, 3.8) is 0 Å². The van der Waals surface area contributed by atoms with Gasteiger partial charge >= 0.3 is 6.03 Å². The number of urea groups is 1. The normalized spacial score (nSPS) is 25.2. The average Bonchev–Trinajstić information content (AvgIpc) is 3.32. The smallest absolute Gasteiger partial charge is 0.325 e. The van der Waals surface area contributed by atoms with Crippen LogP contribution in [0.3, 0.4) is 0 Å². The lowest BCUT2D eigenvalue weighted by atomic mass is 9.93. The second-order valence-electron chi connectivity index (χ2n) is 7.97. The number of carbonyl (C=O) groups is 3. The molecule has 0 saturated carbocycles. The Labute approximate surface area is 165 Å². The highest BCUT2D eigenvalue weighted by atomic mass is 16.2. The quantitative estimate of drug-likeness (QED) is 0.785. The monoisotopic (exact) mass is 384 g/mol. The van der Waals surface area contributed by atoms with E-state index in [9.17, 15) is 14.4 Å². The standard InChI is InChI=1S/C21H28N4O3/c1-2-7-17-19(26)25(21(28)22-17)14-24-13-16-9-4-3-8-15(16)12-18(24)20(27)23-10-5-6-11-23/h3-4,8-9,17-18H,2,5-7,10-14H2,1H3,(H,22,28)/t17-,18+/m1/s1. The molecule has 7 heteroatoms. The van der Waals surface area contributed by atoms with Crippen molar-refractivity contribution in [1.82, 2.24) is 20.0 Å². The Morgan fingerprint density at radius 3 is 2.57 bits per heavy atom. The highest BCUT2D eigenvalue weighted by Crippen LogP contribution is 2.26. The molecule has 1 aromatic carbocycles. The lowest BCUT2D eigenvalue weighted by Crippen LogP contribution is -2.55. The maximum Gasteiger partial charge on any atom is 0.325 e. The zero-order valence-electron chi connectivity index (χ0n) is 16.4. The van der Waals surface area contributed by atoms with Gasteiger partial charge in [-0.1, -0.05) is 37.6 Å². The molecule has 150 valence electrons. The minimum Gasteiger partial charge on any atom is -0.341 e. The fraction of sp³-hybridized carbons (Fsp3) is 0.571. The molecule has 0 radical (unpaired) electrons. The Morgan fingerprint density at radius 2 is 1.86 bits per heavy atom. The topological polar surface area (TPSA) is 73.0 Å². The van der Waals surface area contributed by atoms with Crippen LogP contribution in [-0.4, -0.2) is 64.4 Å². The highest BCUT2D eigenvalue weighted by Gasteiger charge is 2.42. The third-order valence-electron chi connectivity index (χ3n) is 6.06. The molecule has 3 aliphatic rings. The Balaban J connectivity index is 1.56. The molecule has 0 spiro atoms. The first-order chi connectivity index (χ1) is 13.6. The van der Waals surface area contributed by atoms with E-state index in [0.29, 0.717) is 19.4 Å². The van der Waals surface area contributed by atoms with E-state index in [0.717, 1.165) is 37.9 Å². The summed E-state index contributed by atoms with van der Waals surface area (Å²) in [5, 5.41) is 2.78. The van der Waals surface area contributed by atoms with Gasteiger partial charge in [0.05, 0.1) is 12.7 Å². The largest absolute Gasteiger partial charge is 0.341 e. The van der Waals surface area contributed by atoms with Gasteiger partial charge in [0.2, 0.25) is 5.91 Å². The Hall–Kier alpha value is -2.41. The minimum atomic E-state index is -0.442. The summed E-state index contributed by atoms with van der Waals surface area (Å²) in [7, 11) is 0. The summed E-state index contributed by atoms with van der Waals surface area (Å²) in [6.07, 6.45) is 4.17. The molecular formula is C21H28N4O3. The van der Waals surface area contributed by atoms with Crippen LogP contribution in [0.25, 0.3) is 0 Å². The number of nitrogens with one attached hydrogen (secondary N) is 1. The molecule has 4 amide bonds. The molecule has 0 aliphatic carbocycles. The van der Waals surface area contributed by atoms with E-state index in [4.69, 9.17) is 0 Å². The second-order valence-corrected chi connectivity index (χ2v) is 7.97. The summed E-state index contributed by atoms with van der Waals surface area (Å²) in [6, 6.07) is 6.99. The van der Waals surface area contributed by atoms with Crippen LogP contribution in [0.5, 0.6) is 0 Å². The molecule has 7 nitrogen and oxygen atoms in total. The van der Waals surface area contributed by atoms with E-state index in [1.807, 2.05) is 28.9 Å². The van der Waals surface area contributed by atoms with Crippen molar-refractivity contribution < 1.29 is 14.4 Å². The van der Waals surface area contributed by atoms with Gasteiger partial charge in [0.1, 0.15) is 6.04 Å². The molecule has 2 atom stereocenters. The molecule has 0 unspecified atom stereocenters. The number of benzene rings is 1. The van der Waals surface area contributed by atoms with Gasteiger partial charge in [-0.3, -0.25) is 14.5 Å². The first-order valence-electron chi connectivity index (χ1n) is 10.3. The van der Waals surface area contributed by atoms with Crippen LogP contribution in [-0.2, 0) is 22.6 Å². The van der Waals surface area contributed by atoms with Crippen LogP contribution in [0.1, 0.15) is 43.7 Å². The van der Waals surface area contributed by atoms with E-state index >= 15 is 0 Å². The third-order valence-corrected chi connectivity index (χ3v) is 6.06. The molecule has 3 aliphatic heterocycles. The van der Waals surface area contributed by atoms with Crippen molar-refractivity contribution in [2.75, 3.05) is 19.8 Å². The number of carbonyl (C=O) groups excluding carboxylic acids is 3. The van der Waals surface area contributed by atoms with E-state index in [1.165, 1.54) is 10.5 Å². The van der Waals surface area contributed by atoms with Crippen LogP contribution in [0, 0.1) is 0 Å². The minimum absolute atomic E-state index is 0.115. The van der Waals surface area contributed by atoms with Gasteiger partial charge < -0.3 is 10.2 Å². The fourth-order valence-corrected chi connectivity index (χ4v) is 4.49. The third kappa shape index (κ3) is 3.51. The van der Waals surface area contributed by atoms with Gasteiger partial charge in [0, 0.05) is 19.6 Å². The zero-order valence-corrected chi connectivity index (χ0v) is 16.4.